The van der Waals surface area contributed by atoms with Crippen molar-refractivity contribution in [3.8, 4) is 0 Å². The molecule has 1 aromatic carbocycles. The molecule has 3 rings (SSSR count). The maximum atomic E-state index is 13.5. The fourth-order valence-corrected chi connectivity index (χ4v) is 2.93. The number of hydrogen-bond acceptors (Lipinski definition) is 5. The first-order valence-electron chi connectivity index (χ1n) is 9.89. The van der Waals surface area contributed by atoms with Gasteiger partial charge in [0.15, 0.2) is 0 Å². The lowest BCUT2D eigenvalue weighted by Crippen LogP contribution is -2.41. The van der Waals surface area contributed by atoms with Crippen LogP contribution in [0.3, 0.4) is 0 Å². The van der Waals surface area contributed by atoms with Crippen molar-refractivity contribution in [2.45, 2.75) is 45.5 Å². The van der Waals surface area contributed by atoms with E-state index in [0.717, 1.165) is 17.7 Å². The minimum atomic E-state index is -0.949. The number of alkyl carbamates (subject to hydrolysis) is 1. The van der Waals surface area contributed by atoms with Crippen LogP contribution < -0.4 is 5.32 Å². The Kier molecular flexibility index (Phi) is 6.76. The largest absolute Gasteiger partial charge is 0.492 e. The van der Waals surface area contributed by atoms with Crippen molar-refractivity contribution >= 4 is 19.3 Å². The van der Waals surface area contributed by atoms with Crippen LogP contribution in [0.5, 0.6) is 0 Å². The van der Waals surface area contributed by atoms with Crippen LogP contribution in [0.15, 0.2) is 47.9 Å². The highest BCUT2D eigenvalue weighted by molar-refractivity contribution is 6.56. The summed E-state index contributed by atoms with van der Waals surface area (Å²) in [5, 5.41) is 2.64. The molecular weight excluding hydrogens is 405 g/mol. The molecule has 1 saturated heterocycles. The second kappa shape index (κ2) is 9.15. The molecule has 6 nitrogen and oxygen atoms in total. The van der Waals surface area contributed by atoms with Crippen molar-refractivity contribution < 1.29 is 27.6 Å². The molecule has 2 heterocycles. The van der Waals surface area contributed by atoms with E-state index in [1.54, 1.807) is 0 Å². The zero-order valence-electron chi connectivity index (χ0n) is 17.9. The third-order valence-corrected chi connectivity index (χ3v) is 5.34. The van der Waals surface area contributed by atoms with E-state index >= 15 is 0 Å². The van der Waals surface area contributed by atoms with Crippen molar-refractivity contribution in [3.05, 3.63) is 71.0 Å². The third kappa shape index (κ3) is 5.89. The first-order chi connectivity index (χ1) is 14.6. The van der Waals surface area contributed by atoms with E-state index in [1.165, 1.54) is 6.08 Å². The van der Waals surface area contributed by atoms with Crippen LogP contribution in [0, 0.1) is 11.9 Å². The number of nitrogens with zero attached hydrogens (tertiary/aromatic N) is 1. The van der Waals surface area contributed by atoms with Crippen molar-refractivity contribution in [1.82, 2.24) is 10.3 Å². The number of aromatic nitrogens is 1. The number of hydrogen-bond donors (Lipinski definition) is 1. The molecule has 0 spiro atoms. The molecule has 1 fully saturated rings. The second-order valence-electron chi connectivity index (χ2n) is 8.27. The molecular formula is C22H25BF2N2O4. The molecule has 0 saturated carbocycles. The molecule has 9 heteroatoms. The van der Waals surface area contributed by atoms with Gasteiger partial charge in [0.05, 0.1) is 11.2 Å². The van der Waals surface area contributed by atoms with Crippen molar-refractivity contribution in [3.63, 3.8) is 0 Å². The molecule has 31 heavy (non-hydrogen) atoms. The van der Waals surface area contributed by atoms with Gasteiger partial charge in [-0.25, -0.2) is 4.79 Å². The number of halogens is 2. The molecule has 1 aromatic heterocycles. The van der Waals surface area contributed by atoms with Crippen LogP contribution >= 0.6 is 0 Å². The molecule has 0 atom stereocenters. The Hall–Kier alpha value is -2.78. The summed E-state index contributed by atoms with van der Waals surface area (Å²) in [5.74, 6) is -1.90. The summed E-state index contributed by atoms with van der Waals surface area (Å²) in [7, 11) is -0.821. The number of pyridine rings is 1. The van der Waals surface area contributed by atoms with Gasteiger partial charge in [-0.05, 0) is 44.3 Å². The fourth-order valence-electron chi connectivity index (χ4n) is 2.93. The zero-order valence-corrected chi connectivity index (χ0v) is 17.9. The van der Waals surface area contributed by atoms with E-state index in [9.17, 15) is 13.6 Å². The van der Waals surface area contributed by atoms with Crippen molar-refractivity contribution in [2.24, 2.45) is 0 Å². The Bertz CT molecular complexity index is 931. The Morgan fingerprint density at radius 1 is 1.10 bits per heavy atom. The second-order valence-corrected chi connectivity index (χ2v) is 8.27. The number of benzene rings is 1. The molecule has 0 aliphatic carbocycles. The summed E-state index contributed by atoms with van der Waals surface area (Å²) in [6, 6.07) is 11.4. The Morgan fingerprint density at radius 3 is 2.26 bits per heavy atom. The van der Waals surface area contributed by atoms with Gasteiger partial charge in [-0.1, -0.05) is 36.4 Å². The maximum Gasteiger partial charge on any atom is 0.492 e. The summed E-state index contributed by atoms with van der Waals surface area (Å²) in [4.78, 5) is 15.3. The van der Waals surface area contributed by atoms with E-state index in [2.05, 4.69) is 10.3 Å². The Labute approximate surface area is 180 Å². The molecule has 1 aliphatic rings. The standard InChI is InChI=1S/C22H25BF2N2O4/c1-21(2)22(3,4)31-23(30-21)17(10-16-11-18(24)27-19(25)12-16)13-26-20(28)29-14-15-8-6-5-7-9-15/h5-12H,13-14H2,1-4H3,(H,26,28). The number of nitrogens with one attached hydrogen (secondary N) is 1. The van der Waals surface area contributed by atoms with Gasteiger partial charge in [0, 0.05) is 18.7 Å². The van der Waals surface area contributed by atoms with E-state index in [0.29, 0.717) is 5.47 Å². The van der Waals surface area contributed by atoms with Gasteiger partial charge in [0.2, 0.25) is 11.9 Å². The predicted molar refractivity (Wildman–Crippen MR) is 113 cm³/mol. The monoisotopic (exact) mass is 430 g/mol. The van der Waals surface area contributed by atoms with E-state index in [4.69, 9.17) is 14.0 Å². The van der Waals surface area contributed by atoms with Gasteiger partial charge in [-0.3, -0.25) is 0 Å². The number of carbonyl (C=O) groups excluding carboxylic acids is 1. The highest BCUT2D eigenvalue weighted by Crippen LogP contribution is 2.38. The highest BCUT2D eigenvalue weighted by atomic mass is 19.1. The minimum absolute atomic E-state index is 0.00396. The summed E-state index contributed by atoms with van der Waals surface area (Å²) >= 11 is 0. The lowest BCUT2D eigenvalue weighted by Gasteiger charge is -2.32. The third-order valence-electron chi connectivity index (χ3n) is 5.34. The normalized spacial score (nSPS) is 17.5. The fraction of sp³-hybridized carbons (Fsp3) is 0.364. The first kappa shape index (κ1) is 22.9. The number of ether oxygens (including phenoxy) is 1. The average molecular weight is 430 g/mol. The molecule has 1 aliphatic heterocycles. The van der Waals surface area contributed by atoms with Crippen LogP contribution in [-0.2, 0) is 20.7 Å². The maximum absolute atomic E-state index is 13.5. The van der Waals surface area contributed by atoms with Crippen LogP contribution in [0.1, 0.15) is 38.8 Å². The van der Waals surface area contributed by atoms with E-state index < -0.39 is 36.3 Å². The number of rotatable bonds is 6. The smallest absolute Gasteiger partial charge is 0.445 e. The topological polar surface area (TPSA) is 69.7 Å². The predicted octanol–water partition coefficient (Wildman–Crippen LogP) is 4.30. The molecule has 2 aromatic rings. The van der Waals surface area contributed by atoms with E-state index in [-0.39, 0.29) is 18.7 Å². The van der Waals surface area contributed by atoms with Crippen molar-refractivity contribution in [1.29, 1.82) is 0 Å². The van der Waals surface area contributed by atoms with Gasteiger partial charge < -0.3 is 19.4 Å². The van der Waals surface area contributed by atoms with Gasteiger partial charge >= 0.3 is 13.2 Å². The number of amides is 1. The van der Waals surface area contributed by atoms with Gasteiger partial charge in [-0.2, -0.15) is 13.8 Å². The molecule has 0 bridgehead atoms. The quantitative estimate of drug-likeness (QED) is 0.547. The van der Waals surface area contributed by atoms with Crippen LogP contribution in [0.4, 0.5) is 13.6 Å². The van der Waals surface area contributed by atoms with Gasteiger partial charge in [0.1, 0.15) is 6.61 Å². The average Bonchev–Trinajstić information content (AvgIpc) is 2.90. The van der Waals surface area contributed by atoms with Crippen molar-refractivity contribution in [2.75, 3.05) is 6.54 Å². The van der Waals surface area contributed by atoms with Gasteiger partial charge in [0.25, 0.3) is 0 Å². The summed E-state index contributed by atoms with van der Waals surface area (Å²) in [6.45, 7) is 7.66. The number of carbonyl (C=O) groups is 1. The lowest BCUT2D eigenvalue weighted by atomic mass is 9.77. The van der Waals surface area contributed by atoms with Crippen LogP contribution in [0.25, 0.3) is 6.08 Å². The SMILES string of the molecule is CC1(C)OB(C(=Cc2cc(F)nc(F)c2)CNC(=O)OCc2ccccc2)OC1(C)C. The van der Waals surface area contributed by atoms with E-state index in [1.807, 2.05) is 58.0 Å². The van der Waals surface area contributed by atoms with Gasteiger partial charge in [-0.15, -0.1) is 0 Å². The highest BCUT2D eigenvalue weighted by Gasteiger charge is 2.52. The molecule has 164 valence electrons. The Morgan fingerprint density at radius 2 is 1.68 bits per heavy atom. The molecule has 0 radical (unpaired) electrons. The summed E-state index contributed by atoms with van der Waals surface area (Å²) < 4.78 is 44.4. The minimum Gasteiger partial charge on any atom is -0.445 e. The zero-order chi connectivity index (χ0) is 22.6. The summed E-state index contributed by atoms with van der Waals surface area (Å²) in [5.41, 5.74) is 0.301. The molecule has 1 N–H and O–H groups in total. The van der Waals surface area contributed by atoms with Crippen LogP contribution in [0.2, 0.25) is 0 Å². The molecule has 0 unspecified atom stereocenters. The molecule has 1 amide bonds. The first-order valence-corrected chi connectivity index (χ1v) is 9.89. The van der Waals surface area contributed by atoms with Crippen LogP contribution in [-0.4, -0.2) is 35.9 Å². The Balaban J connectivity index is 1.74. The lowest BCUT2D eigenvalue weighted by molar-refractivity contribution is 0.00578. The summed E-state index contributed by atoms with van der Waals surface area (Å²) in [6.07, 6.45) is 0.867.